The fourth-order valence-corrected chi connectivity index (χ4v) is 2.14. The smallest absolute Gasteiger partial charge is 0.231 e. The SMILES string of the molecule is CNCCC(=O)N(CCOC)Cc1ccc2c(c1)OCO2. The summed E-state index contributed by atoms with van der Waals surface area (Å²) in [6.07, 6.45) is 0.477. The second kappa shape index (κ2) is 7.85. The number of rotatable bonds is 8. The van der Waals surface area contributed by atoms with Crippen molar-refractivity contribution in [3.05, 3.63) is 23.8 Å². The molecule has 0 bridgehead atoms. The minimum Gasteiger partial charge on any atom is -0.454 e. The van der Waals surface area contributed by atoms with Gasteiger partial charge in [0.2, 0.25) is 12.7 Å². The number of nitrogens with zero attached hydrogens (tertiary/aromatic N) is 1. The molecule has 1 heterocycles. The van der Waals surface area contributed by atoms with Crippen LogP contribution in [0.4, 0.5) is 0 Å². The third-order valence-electron chi connectivity index (χ3n) is 3.32. The summed E-state index contributed by atoms with van der Waals surface area (Å²) >= 11 is 0. The highest BCUT2D eigenvalue weighted by Gasteiger charge is 2.17. The maximum absolute atomic E-state index is 12.2. The molecule has 0 aliphatic carbocycles. The van der Waals surface area contributed by atoms with E-state index in [-0.39, 0.29) is 12.7 Å². The van der Waals surface area contributed by atoms with E-state index in [1.807, 2.05) is 25.2 Å². The number of carbonyl (C=O) groups is 1. The number of hydrogen-bond acceptors (Lipinski definition) is 5. The Morgan fingerprint density at radius 2 is 2.19 bits per heavy atom. The van der Waals surface area contributed by atoms with E-state index in [1.165, 1.54) is 0 Å². The second-order valence-corrected chi connectivity index (χ2v) is 4.85. The van der Waals surface area contributed by atoms with E-state index in [2.05, 4.69) is 5.32 Å². The lowest BCUT2D eigenvalue weighted by Crippen LogP contribution is -2.34. The molecule has 0 saturated heterocycles. The Kier molecular flexibility index (Phi) is 5.83. The first kappa shape index (κ1) is 15.6. The van der Waals surface area contributed by atoms with Gasteiger partial charge in [-0.2, -0.15) is 0 Å². The van der Waals surface area contributed by atoms with Crippen molar-refractivity contribution < 1.29 is 19.0 Å². The third-order valence-corrected chi connectivity index (χ3v) is 3.32. The van der Waals surface area contributed by atoms with Gasteiger partial charge in [-0.1, -0.05) is 6.07 Å². The molecule has 0 unspecified atom stereocenters. The van der Waals surface area contributed by atoms with Gasteiger partial charge in [0.15, 0.2) is 11.5 Å². The molecule has 6 nitrogen and oxygen atoms in total. The van der Waals surface area contributed by atoms with Crippen LogP contribution in [0, 0.1) is 0 Å². The number of fused-ring (bicyclic) bond motifs is 1. The Hall–Kier alpha value is -1.79. The summed E-state index contributed by atoms with van der Waals surface area (Å²) in [5, 5.41) is 2.99. The Morgan fingerprint density at radius 3 is 2.95 bits per heavy atom. The van der Waals surface area contributed by atoms with E-state index in [0.717, 1.165) is 17.1 Å². The van der Waals surface area contributed by atoms with Crippen LogP contribution in [0.25, 0.3) is 0 Å². The van der Waals surface area contributed by atoms with E-state index >= 15 is 0 Å². The second-order valence-electron chi connectivity index (χ2n) is 4.85. The maximum atomic E-state index is 12.2. The monoisotopic (exact) mass is 294 g/mol. The number of hydrogen-bond donors (Lipinski definition) is 1. The van der Waals surface area contributed by atoms with Gasteiger partial charge in [-0.25, -0.2) is 0 Å². The molecule has 0 saturated carbocycles. The van der Waals surface area contributed by atoms with Crippen molar-refractivity contribution in [3.8, 4) is 11.5 Å². The number of amides is 1. The fraction of sp³-hybridized carbons (Fsp3) is 0.533. The Bertz CT molecular complexity index is 479. The molecule has 0 radical (unpaired) electrons. The molecule has 1 aromatic carbocycles. The lowest BCUT2D eigenvalue weighted by Gasteiger charge is -2.22. The van der Waals surface area contributed by atoms with Crippen LogP contribution in [0.15, 0.2) is 18.2 Å². The van der Waals surface area contributed by atoms with E-state index in [1.54, 1.807) is 12.0 Å². The highest BCUT2D eigenvalue weighted by atomic mass is 16.7. The number of nitrogens with one attached hydrogen (secondary N) is 1. The number of ether oxygens (including phenoxy) is 3. The molecular weight excluding hydrogens is 272 g/mol. The van der Waals surface area contributed by atoms with Gasteiger partial charge < -0.3 is 24.4 Å². The Morgan fingerprint density at radius 1 is 1.38 bits per heavy atom. The van der Waals surface area contributed by atoms with Gasteiger partial charge in [-0.15, -0.1) is 0 Å². The van der Waals surface area contributed by atoms with Gasteiger partial charge >= 0.3 is 0 Å². The molecule has 0 atom stereocenters. The number of methoxy groups -OCH3 is 1. The van der Waals surface area contributed by atoms with Crippen molar-refractivity contribution in [1.82, 2.24) is 10.2 Å². The summed E-state index contributed by atoms with van der Waals surface area (Å²) in [5.41, 5.74) is 1.02. The summed E-state index contributed by atoms with van der Waals surface area (Å²) in [7, 11) is 3.47. The molecule has 0 aromatic heterocycles. The molecule has 1 aromatic rings. The zero-order valence-electron chi connectivity index (χ0n) is 12.6. The van der Waals surface area contributed by atoms with Crippen molar-refractivity contribution in [2.45, 2.75) is 13.0 Å². The minimum atomic E-state index is 0.110. The van der Waals surface area contributed by atoms with Crippen molar-refractivity contribution in [2.24, 2.45) is 0 Å². The summed E-state index contributed by atoms with van der Waals surface area (Å²) < 4.78 is 15.7. The van der Waals surface area contributed by atoms with Crippen LogP contribution in [-0.2, 0) is 16.1 Å². The van der Waals surface area contributed by atoms with Crippen LogP contribution < -0.4 is 14.8 Å². The summed E-state index contributed by atoms with van der Waals surface area (Å²) in [6, 6.07) is 5.76. The zero-order chi connectivity index (χ0) is 15.1. The lowest BCUT2D eigenvalue weighted by atomic mass is 10.2. The van der Waals surface area contributed by atoms with E-state index < -0.39 is 0 Å². The molecule has 1 aliphatic heterocycles. The van der Waals surface area contributed by atoms with Crippen molar-refractivity contribution in [2.75, 3.05) is 40.6 Å². The molecule has 0 fully saturated rings. The quantitative estimate of drug-likeness (QED) is 0.775. The highest BCUT2D eigenvalue weighted by Crippen LogP contribution is 2.32. The van der Waals surface area contributed by atoms with Crippen LogP contribution in [0.5, 0.6) is 11.5 Å². The fourth-order valence-electron chi connectivity index (χ4n) is 2.14. The lowest BCUT2D eigenvalue weighted by molar-refractivity contribution is -0.132. The topological polar surface area (TPSA) is 60.0 Å². The van der Waals surface area contributed by atoms with E-state index in [9.17, 15) is 4.79 Å². The molecule has 2 rings (SSSR count). The van der Waals surface area contributed by atoms with Gasteiger partial charge in [0, 0.05) is 33.2 Å². The van der Waals surface area contributed by atoms with Crippen molar-refractivity contribution >= 4 is 5.91 Å². The first-order chi connectivity index (χ1) is 10.2. The molecule has 1 aliphatic rings. The number of carbonyl (C=O) groups excluding carboxylic acids is 1. The van der Waals surface area contributed by atoms with Crippen LogP contribution >= 0.6 is 0 Å². The van der Waals surface area contributed by atoms with E-state index in [0.29, 0.717) is 32.7 Å². The highest BCUT2D eigenvalue weighted by molar-refractivity contribution is 5.76. The van der Waals surface area contributed by atoms with Gasteiger partial charge in [-0.3, -0.25) is 4.79 Å². The summed E-state index contributed by atoms with van der Waals surface area (Å²) in [4.78, 5) is 14.0. The minimum absolute atomic E-state index is 0.110. The van der Waals surface area contributed by atoms with E-state index in [4.69, 9.17) is 14.2 Å². The van der Waals surface area contributed by atoms with Gasteiger partial charge in [0.1, 0.15) is 0 Å². The molecular formula is C15H22N2O4. The number of benzene rings is 1. The average Bonchev–Trinajstić information content (AvgIpc) is 2.96. The molecule has 116 valence electrons. The summed E-state index contributed by atoms with van der Waals surface area (Å²) in [6.45, 7) is 2.57. The first-order valence-electron chi connectivity index (χ1n) is 7.04. The van der Waals surface area contributed by atoms with Crippen LogP contribution in [0.3, 0.4) is 0 Å². The normalized spacial score (nSPS) is 12.5. The van der Waals surface area contributed by atoms with Crippen molar-refractivity contribution in [3.63, 3.8) is 0 Å². The van der Waals surface area contributed by atoms with Crippen molar-refractivity contribution in [1.29, 1.82) is 0 Å². The largest absolute Gasteiger partial charge is 0.454 e. The predicted molar refractivity (Wildman–Crippen MR) is 78.4 cm³/mol. The molecule has 0 spiro atoms. The van der Waals surface area contributed by atoms with Gasteiger partial charge in [0.05, 0.1) is 6.61 Å². The Balaban J connectivity index is 2.01. The van der Waals surface area contributed by atoms with Crippen LogP contribution in [0.1, 0.15) is 12.0 Å². The molecule has 21 heavy (non-hydrogen) atoms. The molecule has 1 N–H and O–H groups in total. The Labute approximate surface area is 125 Å². The summed E-state index contributed by atoms with van der Waals surface area (Å²) in [5.74, 6) is 1.60. The first-order valence-corrected chi connectivity index (χ1v) is 7.04. The van der Waals surface area contributed by atoms with Gasteiger partial charge in [0.25, 0.3) is 0 Å². The zero-order valence-corrected chi connectivity index (χ0v) is 12.6. The molecule has 6 heteroatoms. The van der Waals surface area contributed by atoms with Crippen LogP contribution in [0.2, 0.25) is 0 Å². The van der Waals surface area contributed by atoms with Crippen LogP contribution in [-0.4, -0.2) is 51.5 Å². The predicted octanol–water partition coefficient (Wildman–Crippen LogP) is 1.000. The van der Waals surface area contributed by atoms with Gasteiger partial charge in [-0.05, 0) is 24.7 Å². The third kappa shape index (κ3) is 4.34. The maximum Gasteiger partial charge on any atom is 0.231 e. The standard InChI is InChI=1S/C15H22N2O4/c1-16-6-5-15(18)17(7-8-19-2)10-12-3-4-13-14(9-12)21-11-20-13/h3-4,9,16H,5-8,10-11H2,1-2H3. The average molecular weight is 294 g/mol. The molecule has 1 amide bonds.